The maximum Gasteiger partial charge on any atom is 0.417 e. The molecule has 4 aromatic rings. The highest BCUT2D eigenvalue weighted by atomic mass is 35.5. The third kappa shape index (κ3) is 5.11. The molecular formula is C22H14Cl2F4N4O3S. The van der Waals surface area contributed by atoms with Crippen molar-refractivity contribution in [2.75, 3.05) is 11.8 Å². The zero-order valence-electron chi connectivity index (χ0n) is 18.0. The molecule has 188 valence electrons. The minimum Gasteiger partial charge on any atom is -0.496 e. The number of hydrogen-bond acceptors (Lipinski definition) is 5. The van der Waals surface area contributed by atoms with Crippen molar-refractivity contribution in [3.8, 4) is 28.3 Å². The maximum atomic E-state index is 14.0. The van der Waals surface area contributed by atoms with Crippen molar-refractivity contribution in [3.63, 3.8) is 0 Å². The van der Waals surface area contributed by atoms with Gasteiger partial charge in [-0.25, -0.2) is 12.8 Å². The Kier molecular flexibility index (Phi) is 6.86. The van der Waals surface area contributed by atoms with Crippen LogP contribution in [0.15, 0.2) is 59.8 Å². The molecule has 14 heteroatoms. The predicted octanol–water partition coefficient (Wildman–Crippen LogP) is 6.41. The Labute approximate surface area is 212 Å². The molecule has 2 aromatic carbocycles. The van der Waals surface area contributed by atoms with Crippen molar-refractivity contribution in [2.24, 2.45) is 0 Å². The first-order chi connectivity index (χ1) is 16.9. The average Bonchev–Trinajstić information content (AvgIpc) is 3.27. The van der Waals surface area contributed by atoms with Crippen molar-refractivity contribution in [3.05, 3.63) is 76.3 Å². The van der Waals surface area contributed by atoms with E-state index >= 15 is 0 Å². The number of methoxy groups -OCH3 is 1. The number of halogens is 6. The van der Waals surface area contributed by atoms with Gasteiger partial charge in [-0.05, 0) is 42.5 Å². The number of H-pyrrole nitrogens is 1. The summed E-state index contributed by atoms with van der Waals surface area (Å²) in [6.07, 6.45) is -2.29. The Hall–Kier alpha value is -3.35. The van der Waals surface area contributed by atoms with Crippen LogP contribution in [0.2, 0.25) is 10.0 Å². The molecule has 0 aliphatic carbocycles. The van der Waals surface area contributed by atoms with Crippen molar-refractivity contribution in [1.29, 1.82) is 0 Å². The number of nitrogens with zero attached hydrogens (tertiary/aromatic N) is 2. The second-order valence-corrected chi connectivity index (χ2v) is 9.82. The summed E-state index contributed by atoms with van der Waals surface area (Å²) < 4.78 is 87.4. The van der Waals surface area contributed by atoms with Gasteiger partial charge in [0.1, 0.15) is 17.3 Å². The topological polar surface area (TPSA) is 97.0 Å². The zero-order valence-corrected chi connectivity index (χ0v) is 20.3. The van der Waals surface area contributed by atoms with E-state index in [4.69, 9.17) is 27.9 Å². The van der Waals surface area contributed by atoms with Crippen LogP contribution in [0.25, 0.3) is 22.5 Å². The first kappa shape index (κ1) is 25.7. The molecular weight excluding hydrogens is 547 g/mol. The number of sulfonamides is 1. The molecule has 2 aromatic heterocycles. The number of aromatic nitrogens is 3. The Morgan fingerprint density at radius 2 is 1.78 bits per heavy atom. The molecule has 0 aliphatic rings. The van der Waals surface area contributed by atoms with Crippen molar-refractivity contribution < 1.29 is 30.7 Å². The van der Waals surface area contributed by atoms with Gasteiger partial charge in [0.2, 0.25) is 0 Å². The molecule has 7 nitrogen and oxygen atoms in total. The fourth-order valence-corrected chi connectivity index (χ4v) is 4.84. The minimum atomic E-state index is -4.87. The molecule has 0 atom stereocenters. The standard InChI is InChI=1S/C22H14Cl2F4N4O3S/c1-35-19-5-2-12(25)7-14(19)15-10-30-31-20(15)21-18(6-11(23)9-29-21)32-36(33,34)13-3-4-17(24)16(8-13)22(26,27)28/h2-10,32H,1H3,(H,30,31). The Morgan fingerprint density at radius 1 is 1.03 bits per heavy atom. The van der Waals surface area contributed by atoms with Crippen molar-refractivity contribution in [2.45, 2.75) is 11.1 Å². The monoisotopic (exact) mass is 560 g/mol. The largest absolute Gasteiger partial charge is 0.496 e. The van der Waals surface area contributed by atoms with Gasteiger partial charge in [0, 0.05) is 17.3 Å². The Bertz CT molecular complexity index is 1560. The molecule has 2 N–H and O–H groups in total. The Morgan fingerprint density at radius 3 is 2.47 bits per heavy atom. The van der Waals surface area contributed by atoms with Crippen LogP contribution in [0.3, 0.4) is 0 Å². The van der Waals surface area contributed by atoms with Crippen LogP contribution >= 0.6 is 23.2 Å². The summed E-state index contributed by atoms with van der Waals surface area (Å²) in [4.78, 5) is 3.47. The zero-order chi connectivity index (χ0) is 26.3. The number of nitrogens with one attached hydrogen (secondary N) is 2. The van der Waals surface area contributed by atoms with E-state index in [0.717, 1.165) is 12.1 Å². The third-order valence-corrected chi connectivity index (χ3v) is 6.88. The number of ether oxygens (including phenoxy) is 1. The van der Waals surface area contributed by atoms with Crippen LogP contribution < -0.4 is 9.46 Å². The normalized spacial score (nSPS) is 12.0. The summed E-state index contributed by atoms with van der Waals surface area (Å²) in [5.41, 5.74) is -0.726. The SMILES string of the molecule is COc1ccc(F)cc1-c1cn[nH]c1-c1ncc(Cl)cc1NS(=O)(=O)c1ccc(Cl)c(C(F)(F)F)c1. The first-order valence-corrected chi connectivity index (χ1v) is 12.1. The van der Waals surface area contributed by atoms with Gasteiger partial charge in [0.05, 0.1) is 45.2 Å². The molecule has 0 fully saturated rings. The fourth-order valence-electron chi connectivity index (χ4n) is 3.37. The second kappa shape index (κ2) is 9.60. The van der Waals surface area contributed by atoms with E-state index in [1.807, 2.05) is 0 Å². The molecule has 0 radical (unpaired) electrons. The summed E-state index contributed by atoms with van der Waals surface area (Å²) >= 11 is 11.6. The van der Waals surface area contributed by atoms with E-state index in [1.165, 1.54) is 43.8 Å². The highest BCUT2D eigenvalue weighted by molar-refractivity contribution is 7.92. The van der Waals surface area contributed by atoms with Gasteiger partial charge in [-0.1, -0.05) is 23.2 Å². The molecule has 0 bridgehead atoms. The summed E-state index contributed by atoms with van der Waals surface area (Å²) in [6.45, 7) is 0. The summed E-state index contributed by atoms with van der Waals surface area (Å²) in [5.74, 6) is -0.262. The number of aromatic amines is 1. The van der Waals surface area contributed by atoms with E-state index in [2.05, 4.69) is 19.9 Å². The van der Waals surface area contributed by atoms with Gasteiger partial charge < -0.3 is 4.74 Å². The lowest BCUT2D eigenvalue weighted by Gasteiger charge is -2.15. The second-order valence-electron chi connectivity index (χ2n) is 7.30. The third-order valence-electron chi connectivity index (χ3n) is 4.98. The fraction of sp³-hybridized carbons (Fsp3) is 0.0909. The quantitative estimate of drug-likeness (QED) is 0.265. The van der Waals surface area contributed by atoms with Gasteiger partial charge in [-0.2, -0.15) is 18.3 Å². The molecule has 0 amide bonds. The van der Waals surface area contributed by atoms with E-state index in [0.29, 0.717) is 22.9 Å². The molecule has 4 rings (SSSR count). The molecule has 0 unspecified atom stereocenters. The summed E-state index contributed by atoms with van der Waals surface area (Å²) in [5, 5.41) is 6.01. The molecule has 0 saturated heterocycles. The minimum absolute atomic E-state index is 0.00759. The number of hydrogen-bond donors (Lipinski definition) is 2. The number of alkyl halides is 3. The number of rotatable bonds is 6. The highest BCUT2D eigenvalue weighted by Gasteiger charge is 2.34. The lowest BCUT2D eigenvalue weighted by atomic mass is 10.0. The maximum absolute atomic E-state index is 14.0. The summed E-state index contributed by atoms with van der Waals surface area (Å²) in [7, 11) is -3.18. The number of anilines is 1. The Balaban J connectivity index is 1.82. The average molecular weight is 561 g/mol. The molecule has 36 heavy (non-hydrogen) atoms. The van der Waals surface area contributed by atoms with E-state index < -0.39 is 37.5 Å². The molecule has 0 aliphatic heterocycles. The van der Waals surface area contributed by atoms with Gasteiger partial charge in [0.25, 0.3) is 10.0 Å². The van der Waals surface area contributed by atoms with Crippen LogP contribution in [0.5, 0.6) is 5.75 Å². The molecule has 0 saturated carbocycles. The van der Waals surface area contributed by atoms with E-state index in [9.17, 15) is 26.0 Å². The molecule has 2 heterocycles. The molecule has 0 spiro atoms. The van der Waals surface area contributed by atoms with E-state index in [-0.39, 0.29) is 22.1 Å². The first-order valence-electron chi connectivity index (χ1n) is 9.83. The lowest BCUT2D eigenvalue weighted by Crippen LogP contribution is -2.16. The van der Waals surface area contributed by atoms with Gasteiger partial charge in [-0.3, -0.25) is 14.8 Å². The van der Waals surface area contributed by atoms with Crippen molar-refractivity contribution in [1.82, 2.24) is 15.2 Å². The van der Waals surface area contributed by atoms with Crippen molar-refractivity contribution >= 4 is 38.9 Å². The van der Waals surface area contributed by atoms with Crippen LogP contribution in [0.4, 0.5) is 23.2 Å². The van der Waals surface area contributed by atoms with Crippen LogP contribution in [0.1, 0.15) is 5.56 Å². The lowest BCUT2D eigenvalue weighted by molar-refractivity contribution is -0.137. The van der Waals surface area contributed by atoms with Crippen LogP contribution in [0, 0.1) is 5.82 Å². The van der Waals surface area contributed by atoms with Gasteiger partial charge in [-0.15, -0.1) is 0 Å². The van der Waals surface area contributed by atoms with E-state index in [1.54, 1.807) is 0 Å². The van der Waals surface area contributed by atoms with Gasteiger partial charge in [0.15, 0.2) is 0 Å². The smallest absolute Gasteiger partial charge is 0.417 e. The van der Waals surface area contributed by atoms with Gasteiger partial charge >= 0.3 is 6.18 Å². The highest BCUT2D eigenvalue weighted by Crippen LogP contribution is 2.40. The summed E-state index contributed by atoms with van der Waals surface area (Å²) in [6, 6.07) is 7.19. The van der Waals surface area contributed by atoms with Crippen LogP contribution in [-0.4, -0.2) is 30.7 Å². The number of pyridine rings is 1. The van der Waals surface area contributed by atoms with Crippen LogP contribution in [-0.2, 0) is 16.2 Å². The number of benzene rings is 2. The predicted molar refractivity (Wildman–Crippen MR) is 126 cm³/mol.